The molecule has 0 aliphatic heterocycles. The summed E-state index contributed by atoms with van der Waals surface area (Å²) in [5.74, 6) is 0.560. The predicted octanol–water partition coefficient (Wildman–Crippen LogP) is 4.71. The lowest BCUT2D eigenvalue weighted by Crippen LogP contribution is -2.01. The number of thioether (sulfide) groups is 1. The molecule has 0 saturated heterocycles. The Hall–Kier alpha value is -3.19. The largest absolute Gasteiger partial charge is 0.423 e. The van der Waals surface area contributed by atoms with E-state index in [1.54, 1.807) is 6.07 Å². The van der Waals surface area contributed by atoms with Gasteiger partial charge in [-0.1, -0.05) is 42.1 Å². The first kappa shape index (κ1) is 17.9. The van der Waals surface area contributed by atoms with Crippen LogP contribution in [0.4, 0.5) is 0 Å². The van der Waals surface area contributed by atoms with Crippen LogP contribution in [0.15, 0.2) is 62.9 Å². The van der Waals surface area contributed by atoms with Crippen LogP contribution in [0.3, 0.4) is 0 Å². The maximum Gasteiger partial charge on any atom is 0.336 e. The van der Waals surface area contributed by atoms with E-state index in [2.05, 4.69) is 27.8 Å². The molecule has 0 saturated carbocycles. The second kappa shape index (κ2) is 7.00. The minimum atomic E-state index is -0.348. The van der Waals surface area contributed by atoms with Gasteiger partial charge in [-0.25, -0.2) is 9.78 Å². The van der Waals surface area contributed by atoms with E-state index >= 15 is 0 Å². The number of hydrogen-bond donors (Lipinski definition) is 0. The van der Waals surface area contributed by atoms with Crippen molar-refractivity contribution in [3.63, 3.8) is 0 Å². The summed E-state index contributed by atoms with van der Waals surface area (Å²) in [6, 6.07) is 15.6. The number of benzene rings is 2. The fraction of sp³-hybridized carbons (Fsp3) is 0.182. The van der Waals surface area contributed by atoms with Crippen LogP contribution in [0, 0.1) is 6.92 Å². The first-order chi connectivity index (χ1) is 14.1. The molecule has 0 radical (unpaired) electrons. The first-order valence-corrected chi connectivity index (χ1v) is 10.4. The van der Waals surface area contributed by atoms with Crippen molar-refractivity contribution in [3.05, 3.63) is 70.1 Å². The van der Waals surface area contributed by atoms with Crippen LogP contribution < -0.4 is 5.63 Å². The Bertz CT molecular complexity index is 1440. The van der Waals surface area contributed by atoms with Crippen LogP contribution in [0.1, 0.15) is 18.1 Å². The van der Waals surface area contributed by atoms with Crippen LogP contribution >= 0.6 is 11.8 Å². The number of aryl methyl sites for hydroxylation is 2. The van der Waals surface area contributed by atoms with E-state index in [1.165, 1.54) is 11.8 Å². The Morgan fingerprint density at radius 2 is 1.93 bits per heavy atom. The van der Waals surface area contributed by atoms with Crippen molar-refractivity contribution >= 4 is 44.8 Å². The molecule has 5 rings (SSSR count). The van der Waals surface area contributed by atoms with E-state index < -0.39 is 0 Å². The summed E-state index contributed by atoms with van der Waals surface area (Å²) in [6.07, 6.45) is 0. The summed E-state index contributed by atoms with van der Waals surface area (Å²) in [7, 11) is 0. The van der Waals surface area contributed by atoms with Gasteiger partial charge in [0.1, 0.15) is 11.1 Å². The third-order valence-electron chi connectivity index (χ3n) is 5.01. The molecule has 0 aliphatic carbocycles. The molecule has 3 heterocycles. The molecule has 0 aliphatic rings. The summed E-state index contributed by atoms with van der Waals surface area (Å²) in [6.45, 7) is 4.87. The van der Waals surface area contributed by atoms with Gasteiger partial charge in [-0.3, -0.25) is 0 Å². The Morgan fingerprint density at radius 1 is 1.07 bits per heavy atom. The zero-order valence-electron chi connectivity index (χ0n) is 16.0. The maximum atomic E-state index is 12.0. The Labute approximate surface area is 170 Å². The lowest BCUT2D eigenvalue weighted by molar-refractivity contribution is 0.559. The standard InChI is InChI=1S/C22H18N4O2S/c1-3-26-17-7-5-4-6-16(17)20-21(26)23-22(25-24-20)29-12-14-11-19(27)28-18-10-13(2)8-9-15(14)18/h4-11H,3,12H2,1-2H3. The van der Waals surface area contributed by atoms with E-state index in [4.69, 9.17) is 9.40 Å². The fourth-order valence-corrected chi connectivity index (χ4v) is 4.44. The normalized spacial score (nSPS) is 11.7. The minimum Gasteiger partial charge on any atom is -0.423 e. The summed E-state index contributed by atoms with van der Waals surface area (Å²) in [4.78, 5) is 16.7. The molecule has 5 aromatic rings. The molecule has 0 fully saturated rings. The Morgan fingerprint density at radius 3 is 2.79 bits per heavy atom. The highest BCUT2D eigenvalue weighted by Crippen LogP contribution is 2.29. The van der Waals surface area contributed by atoms with Gasteiger partial charge >= 0.3 is 5.63 Å². The van der Waals surface area contributed by atoms with Gasteiger partial charge in [0.2, 0.25) is 5.16 Å². The van der Waals surface area contributed by atoms with Crippen molar-refractivity contribution < 1.29 is 4.42 Å². The minimum absolute atomic E-state index is 0.348. The SMILES string of the molecule is CCn1c2ccccc2c2nnc(SCc3cc(=O)oc4cc(C)ccc34)nc21. The van der Waals surface area contributed by atoms with Gasteiger partial charge < -0.3 is 8.98 Å². The highest BCUT2D eigenvalue weighted by molar-refractivity contribution is 7.98. The molecule has 0 spiro atoms. The molecule has 2 aromatic carbocycles. The molecular weight excluding hydrogens is 384 g/mol. The van der Waals surface area contributed by atoms with Crippen molar-refractivity contribution in [1.29, 1.82) is 0 Å². The van der Waals surface area contributed by atoms with Gasteiger partial charge in [0.05, 0.1) is 5.52 Å². The number of rotatable bonds is 4. The molecule has 144 valence electrons. The predicted molar refractivity (Wildman–Crippen MR) is 115 cm³/mol. The molecule has 6 nitrogen and oxygen atoms in total. The monoisotopic (exact) mass is 402 g/mol. The third-order valence-corrected chi connectivity index (χ3v) is 5.90. The molecule has 0 bridgehead atoms. The van der Waals surface area contributed by atoms with Crippen molar-refractivity contribution in [1.82, 2.24) is 19.7 Å². The van der Waals surface area contributed by atoms with Crippen molar-refractivity contribution in [2.24, 2.45) is 0 Å². The molecular formula is C22H18N4O2S. The molecule has 3 aromatic heterocycles. The number of aromatic nitrogens is 4. The summed E-state index contributed by atoms with van der Waals surface area (Å²) in [5, 5.41) is 11.3. The zero-order chi connectivity index (χ0) is 20.0. The molecule has 0 atom stereocenters. The molecule has 0 N–H and O–H groups in total. The summed E-state index contributed by atoms with van der Waals surface area (Å²) >= 11 is 1.47. The number of para-hydroxylation sites is 1. The van der Waals surface area contributed by atoms with Crippen molar-refractivity contribution in [2.75, 3.05) is 0 Å². The number of fused-ring (bicyclic) bond motifs is 4. The highest BCUT2D eigenvalue weighted by atomic mass is 32.2. The summed E-state index contributed by atoms with van der Waals surface area (Å²) in [5.41, 5.74) is 4.97. The van der Waals surface area contributed by atoms with Crippen LogP contribution in [-0.4, -0.2) is 19.7 Å². The molecule has 7 heteroatoms. The summed E-state index contributed by atoms with van der Waals surface area (Å²) < 4.78 is 7.50. The lowest BCUT2D eigenvalue weighted by Gasteiger charge is -2.06. The smallest absolute Gasteiger partial charge is 0.336 e. The van der Waals surface area contributed by atoms with Crippen molar-refractivity contribution in [3.8, 4) is 0 Å². The number of nitrogens with zero attached hydrogens (tertiary/aromatic N) is 4. The van der Waals surface area contributed by atoms with E-state index in [9.17, 15) is 4.79 Å². The van der Waals surface area contributed by atoms with Gasteiger partial charge in [0.25, 0.3) is 0 Å². The third kappa shape index (κ3) is 3.07. The van der Waals surface area contributed by atoms with Gasteiger partial charge in [-0.05, 0) is 37.1 Å². The quantitative estimate of drug-likeness (QED) is 0.320. The molecule has 0 unspecified atom stereocenters. The van der Waals surface area contributed by atoms with Crippen LogP contribution in [0.5, 0.6) is 0 Å². The Balaban J connectivity index is 1.54. The fourth-order valence-electron chi connectivity index (χ4n) is 3.67. The van der Waals surface area contributed by atoms with Crippen LogP contribution in [0.2, 0.25) is 0 Å². The second-order valence-electron chi connectivity index (χ2n) is 6.91. The Kier molecular flexibility index (Phi) is 4.32. The maximum absolute atomic E-state index is 12.0. The average Bonchev–Trinajstić information content (AvgIpc) is 3.04. The number of hydrogen-bond acceptors (Lipinski definition) is 6. The molecule has 29 heavy (non-hydrogen) atoms. The van der Waals surface area contributed by atoms with Crippen molar-refractivity contribution in [2.45, 2.75) is 31.3 Å². The van der Waals surface area contributed by atoms with E-state index in [1.807, 2.05) is 43.3 Å². The van der Waals surface area contributed by atoms with Gasteiger partial charge in [0, 0.05) is 29.1 Å². The van der Waals surface area contributed by atoms with Crippen LogP contribution in [0.25, 0.3) is 33.0 Å². The zero-order valence-corrected chi connectivity index (χ0v) is 16.9. The van der Waals surface area contributed by atoms with E-state index in [0.29, 0.717) is 16.5 Å². The first-order valence-electron chi connectivity index (χ1n) is 9.42. The second-order valence-corrected chi connectivity index (χ2v) is 7.85. The average molecular weight is 402 g/mol. The van der Waals surface area contributed by atoms with Gasteiger partial charge in [0.15, 0.2) is 5.65 Å². The molecule has 0 amide bonds. The van der Waals surface area contributed by atoms with E-state index in [0.717, 1.165) is 45.1 Å². The highest BCUT2D eigenvalue weighted by Gasteiger charge is 2.14. The topological polar surface area (TPSA) is 73.8 Å². The van der Waals surface area contributed by atoms with Gasteiger partial charge in [-0.2, -0.15) is 0 Å². The van der Waals surface area contributed by atoms with Gasteiger partial charge in [-0.15, -0.1) is 10.2 Å². The van der Waals surface area contributed by atoms with E-state index in [-0.39, 0.29) is 5.63 Å². The lowest BCUT2D eigenvalue weighted by atomic mass is 10.1. The van der Waals surface area contributed by atoms with Crippen LogP contribution in [-0.2, 0) is 12.3 Å².